The highest BCUT2D eigenvalue weighted by atomic mass is 79.9. The second-order valence-electron chi connectivity index (χ2n) is 4.44. The van der Waals surface area contributed by atoms with Crippen LogP contribution in [0.1, 0.15) is 17.0 Å². The molecular weight excluding hydrogens is 552 g/mol. The van der Waals surface area contributed by atoms with Crippen molar-refractivity contribution in [3.63, 3.8) is 0 Å². The summed E-state index contributed by atoms with van der Waals surface area (Å²) < 4.78 is 1.56. The van der Waals surface area contributed by atoms with Gasteiger partial charge in [-0.1, -0.05) is 0 Å². The third kappa shape index (κ3) is 3.50. The van der Waals surface area contributed by atoms with Crippen molar-refractivity contribution in [2.75, 3.05) is 0 Å². The zero-order chi connectivity index (χ0) is 16.6. The largest absolute Gasteiger partial charge is 0.506 e. The standard InChI is InChI=1S/C14H8Br4O4/c15-7-1-5(2-8(16)12(7)19)11(14(21)22)6-3-9(17)13(20)10(18)4-6/h1-4,11,19-20H,(H,21,22). The van der Waals surface area contributed by atoms with Crippen LogP contribution in [0.15, 0.2) is 42.2 Å². The minimum absolute atomic E-state index is 0.000885. The van der Waals surface area contributed by atoms with Crippen molar-refractivity contribution in [3.05, 3.63) is 53.3 Å². The first-order valence-electron chi connectivity index (χ1n) is 5.81. The first-order chi connectivity index (χ1) is 10.2. The number of carboxylic acids is 1. The minimum Gasteiger partial charge on any atom is -0.506 e. The molecule has 0 saturated carbocycles. The molecule has 0 fully saturated rings. The second kappa shape index (κ2) is 6.90. The third-order valence-corrected chi connectivity index (χ3v) is 5.41. The summed E-state index contributed by atoms with van der Waals surface area (Å²) in [7, 11) is 0. The van der Waals surface area contributed by atoms with Gasteiger partial charge in [0.15, 0.2) is 0 Å². The van der Waals surface area contributed by atoms with Crippen molar-refractivity contribution in [2.24, 2.45) is 0 Å². The predicted octanol–water partition coefficient (Wildman–Crippen LogP) is 5.36. The Hall–Kier alpha value is -0.570. The lowest BCUT2D eigenvalue weighted by Crippen LogP contribution is -2.13. The fourth-order valence-corrected chi connectivity index (χ4v) is 4.42. The SMILES string of the molecule is O=C(O)C(c1cc(Br)c(O)c(Br)c1)c1cc(Br)c(O)c(Br)c1. The number of aromatic hydroxyl groups is 2. The van der Waals surface area contributed by atoms with Gasteiger partial charge in [-0.25, -0.2) is 0 Å². The first-order valence-corrected chi connectivity index (χ1v) is 8.98. The lowest BCUT2D eigenvalue weighted by molar-refractivity contribution is -0.137. The second-order valence-corrected chi connectivity index (χ2v) is 7.85. The van der Waals surface area contributed by atoms with Crippen molar-refractivity contribution in [2.45, 2.75) is 5.92 Å². The number of rotatable bonds is 3. The van der Waals surface area contributed by atoms with Gasteiger partial charge >= 0.3 is 5.97 Å². The molecule has 0 saturated heterocycles. The number of carbonyl (C=O) groups is 1. The van der Waals surface area contributed by atoms with Crippen LogP contribution in [0, 0.1) is 0 Å². The summed E-state index contributed by atoms with van der Waals surface area (Å²) >= 11 is 12.8. The van der Waals surface area contributed by atoms with Crippen molar-refractivity contribution < 1.29 is 20.1 Å². The molecule has 2 aromatic carbocycles. The maximum Gasteiger partial charge on any atom is 0.315 e. The molecule has 0 amide bonds. The quantitative estimate of drug-likeness (QED) is 0.473. The van der Waals surface area contributed by atoms with Crippen molar-refractivity contribution in [3.8, 4) is 11.5 Å². The Morgan fingerprint density at radius 1 is 0.773 bits per heavy atom. The first kappa shape index (κ1) is 17.8. The van der Waals surface area contributed by atoms with Gasteiger partial charge in [-0.2, -0.15) is 0 Å². The van der Waals surface area contributed by atoms with Crippen molar-refractivity contribution in [1.29, 1.82) is 0 Å². The van der Waals surface area contributed by atoms with Gasteiger partial charge in [0.05, 0.1) is 17.9 Å². The number of hydrogen-bond donors (Lipinski definition) is 3. The molecule has 0 bridgehead atoms. The molecular formula is C14H8Br4O4. The zero-order valence-corrected chi connectivity index (χ0v) is 17.0. The average molecular weight is 560 g/mol. The molecule has 0 radical (unpaired) electrons. The Bertz CT molecular complexity index is 657. The molecule has 116 valence electrons. The van der Waals surface area contributed by atoms with Gasteiger partial charge in [0, 0.05) is 0 Å². The summed E-state index contributed by atoms with van der Waals surface area (Å²) in [5, 5.41) is 29.1. The molecule has 2 rings (SSSR count). The van der Waals surface area contributed by atoms with E-state index in [0.29, 0.717) is 29.0 Å². The summed E-state index contributed by atoms with van der Waals surface area (Å²) in [6.45, 7) is 0. The van der Waals surface area contributed by atoms with Crippen LogP contribution in [-0.2, 0) is 4.79 Å². The maximum absolute atomic E-state index is 11.7. The van der Waals surface area contributed by atoms with E-state index in [-0.39, 0.29) is 11.5 Å². The molecule has 0 aliphatic heterocycles. The highest BCUT2D eigenvalue weighted by Crippen LogP contribution is 2.40. The molecule has 3 N–H and O–H groups in total. The van der Waals surface area contributed by atoms with E-state index < -0.39 is 11.9 Å². The minimum atomic E-state index is -1.05. The van der Waals surface area contributed by atoms with Crippen molar-refractivity contribution >= 4 is 69.7 Å². The van der Waals surface area contributed by atoms with Crippen LogP contribution in [0.25, 0.3) is 0 Å². The molecule has 2 aromatic rings. The molecule has 22 heavy (non-hydrogen) atoms. The zero-order valence-electron chi connectivity index (χ0n) is 10.6. The fourth-order valence-electron chi connectivity index (χ4n) is 1.98. The molecule has 0 spiro atoms. The molecule has 0 aliphatic rings. The van der Waals surface area contributed by atoms with E-state index in [1.54, 1.807) is 24.3 Å². The van der Waals surface area contributed by atoms with Gasteiger partial charge in [-0.15, -0.1) is 0 Å². The Balaban J connectivity index is 2.64. The molecule has 0 aromatic heterocycles. The van der Waals surface area contributed by atoms with E-state index in [1.165, 1.54) is 0 Å². The van der Waals surface area contributed by atoms with Gasteiger partial charge in [0.25, 0.3) is 0 Å². The van der Waals surface area contributed by atoms with Crippen LogP contribution in [0.2, 0.25) is 0 Å². The highest BCUT2D eigenvalue weighted by molar-refractivity contribution is 9.11. The molecule has 0 heterocycles. The van der Waals surface area contributed by atoms with Crippen LogP contribution in [-0.4, -0.2) is 21.3 Å². The number of hydrogen-bond acceptors (Lipinski definition) is 3. The number of halogens is 4. The molecule has 0 unspecified atom stereocenters. The van der Waals surface area contributed by atoms with Crippen LogP contribution in [0.4, 0.5) is 0 Å². The topological polar surface area (TPSA) is 77.8 Å². The average Bonchev–Trinajstić information content (AvgIpc) is 2.41. The number of benzene rings is 2. The van der Waals surface area contributed by atoms with E-state index in [9.17, 15) is 20.1 Å². The van der Waals surface area contributed by atoms with Gasteiger partial charge < -0.3 is 15.3 Å². The molecule has 0 atom stereocenters. The van der Waals surface area contributed by atoms with Crippen LogP contribution < -0.4 is 0 Å². The summed E-state index contributed by atoms with van der Waals surface area (Å²) in [5.41, 5.74) is 0.960. The Morgan fingerprint density at radius 2 is 1.05 bits per heavy atom. The number of carboxylic acid groups (broad SMARTS) is 1. The molecule has 0 aliphatic carbocycles. The van der Waals surface area contributed by atoms with E-state index in [1.807, 2.05) is 0 Å². The summed E-state index contributed by atoms with van der Waals surface area (Å²) in [4.78, 5) is 11.7. The van der Waals surface area contributed by atoms with E-state index >= 15 is 0 Å². The Morgan fingerprint density at radius 3 is 1.27 bits per heavy atom. The number of phenols is 2. The smallest absolute Gasteiger partial charge is 0.315 e. The normalized spacial score (nSPS) is 11.0. The predicted molar refractivity (Wildman–Crippen MR) is 96.5 cm³/mol. The van der Waals surface area contributed by atoms with Gasteiger partial charge in [-0.3, -0.25) is 4.79 Å². The monoisotopic (exact) mass is 556 g/mol. The van der Waals surface area contributed by atoms with Crippen molar-refractivity contribution in [1.82, 2.24) is 0 Å². The van der Waals surface area contributed by atoms with E-state index in [0.717, 1.165) is 0 Å². The third-order valence-electron chi connectivity index (χ3n) is 2.99. The summed E-state index contributed by atoms with van der Waals surface area (Å²) in [6.07, 6.45) is 0. The summed E-state index contributed by atoms with van der Waals surface area (Å²) in [6, 6.07) is 6.20. The molecule has 8 heteroatoms. The van der Waals surface area contributed by atoms with Crippen LogP contribution >= 0.6 is 63.7 Å². The van der Waals surface area contributed by atoms with Gasteiger partial charge in [0.1, 0.15) is 17.4 Å². The Labute approximate surface area is 159 Å². The van der Waals surface area contributed by atoms with Crippen LogP contribution in [0.5, 0.6) is 11.5 Å². The fraction of sp³-hybridized carbons (Fsp3) is 0.0714. The Kier molecular flexibility index (Phi) is 5.58. The van der Waals surface area contributed by atoms with Crippen LogP contribution in [0.3, 0.4) is 0 Å². The van der Waals surface area contributed by atoms with E-state index in [4.69, 9.17) is 0 Å². The number of aliphatic carboxylic acids is 1. The maximum atomic E-state index is 11.7. The lowest BCUT2D eigenvalue weighted by Gasteiger charge is -2.16. The van der Waals surface area contributed by atoms with Gasteiger partial charge in [-0.05, 0) is 99.1 Å². The summed E-state index contributed by atoms with van der Waals surface area (Å²) in [5.74, 6) is -2.00. The lowest BCUT2D eigenvalue weighted by atomic mass is 9.91. The molecule has 4 nitrogen and oxygen atoms in total. The number of phenolic OH excluding ortho intramolecular Hbond substituents is 2. The van der Waals surface area contributed by atoms with E-state index in [2.05, 4.69) is 63.7 Å². The highest BCUT2D eigenvalue weighted by Gasteiger charge is 2.25. The van der Waals surface area contributed by atoms with Gasteiger partial charge in [0.2, 0.25) is 0 Å².